The predicted molar refractivity (Wildman–Crippen MR) is 116 cm³/mol. The Bertz CT molecular complexity index is 977. The van der Waals surface area contributed by atoms with E-state index in [0.717, 1.165) is 21.7 Å². The molecule has 0 aliphatic carbocycles. The van der Waals surface area contributed by atoms with Gasteiger partial charge in [-0.3, -0.25) is 9.10 Å². The van der Waals surface area contributed by atoms with Gasteiger partial charge in [0.15, 0.2) is 0 Å². The second-order valence-electron chi connectivity index (χ2n) is 6.74. The Kier molecular flexibility index (Phi) is 7.37. The number of hydrogen-bond acceptors (Lipinski definition) is 3. The summed E-state index contributed by atoms with van der Waals surface area (Å²) in [6, 6.07) is 10.3. The highest BCUT2D eigenvalue weighted by molar-refractivity contribution is 7.92. The highest BCUT2D eigenvalue weighted by Crippen LogP contribution is 2.30. The number of carbonyl (C=O) groups is 1. The molecule has 28 heavy (non-hydrogen) atoms. The number of benzene rings is 2. The van der Waals surface area contributed by atoms with Crippen LogP contribution in [0.5, 0.6) is 0 Å². The third-order valence-electron chi connectivity index (χ3n) is 4.54. The Balaban J connectivity index is 2.25. The molecular formula is C20H24Cl2N2O3S. The highest BCUT2D eigenvalue weighted by atomic mass is 35.5. The Hall–Kier alpha value is -1.76. The number of amides is 1. The third kappa shape index (κ3) is 5.63. The molecule has 0 unspecified atom stereocenters. The molecule has 1 amide bonds. The largest absolute Gasteiger partial charge is 0.348 e. The molecule has 0 spiro atoms. The van der Waals surface area contributed by atoms with E-state index in [2.05, 4.69) is 5.32 Å². The van der Waals surface area contributed by atoms with Crippen LogP contribution in [0.25, 0.3) is 0 Å². The summed E-state index contributed by atoms with van der Waals surface area (Å²) in [5.41, 5.74) is 3.45. The summed E-state index contributed by atoms with van der Waals surface area (Å²) in [6.07, 6.45) is 1.70. The van der Waals surface area contributed by atoms with Crippen molar-refractivity contribution in [3.05, 3.63) is 63.1 Å². The van der Waals surface area contributed by atoms with Crippen LogP contribution < -0.4 is 9.62 Å². The van der Waals surface area contributed by atoms with Crippen molar-refractivity contribution >= 4 is 44.8 Å². The first-order chi connectivity index (χ1) is 13.0. The second-order valence-corrected chi connectivity index (χ2v) is 9.49. The number of carbonyl (C=O) groups excluding carboxylic acids is 1. The van der Waals surface area contributed by atoms with Crippen molar-refractivity contribution in [3.63, 3.8) is 0 Å². The zero-order chi connectivity index (χ0) is 21.1. The maximum absolute atomic E-state index is 12.7. The van der Waals surface area contributed by atoms with Gasteiger partial charge >= 0.3 is 0 Å². The van der Waals surface area contributed by atoms with Gasteiger partial charge in [-0.05, 0) is 55.2 Å². The molecule has 0 aliphatic heterocycles. The summed E-state index contributed by atoms with van der Waals surface area (Å²) in [4.78, 5) is 12.7. The predicted octanol–water partition coefficient (Wildman–Crippen LogP) is 4.64. The molecule has 5 nitrogen and oxygen atoms in total. The minimum atomic E-state index is -3.74. The summed E-state index contributed by atoms with van der Waals surface area (Å²) < 4.78 is 25.5. The van der Waals surface area contributed by atoms with Gasteiger partial charge in [-0.2, -0.15) is 0 Å². The quantitative estimate of drug-likeness (QED) is 0.678. The molecule has 1 N–H and O–H groups in total. The molecule has 0 saturated carbocycles. The molecule has 0 fully saturated rings. The van der Waals surface area contributed by atoms with E-state index in [0.29, 0.717) is 11.4 Å². The molecule has 2 aromatic rings. The van der Waals surface area contributed by atoms with Crippen molar-refractivity contribution in [2.24, 2.45) is 0 Å². The number of halogens is 2. The van der Waals surface area contributed by atoms with E-state index in [9.17, 15) is 13.2 Å². The van der Waals surface area contributed by atoms with Gasteiger partial charge in [-0.1, -0.05) is 48.3 Å². The smallest absolute Gasteiger partial charge is 0.241 e. The minimum Gasteiger partial charge on any atom is -0.348 e. The van der Waals surface area contributed by atoms with Crippen molar-refractivity contribution in [2.45, 2.75) is 33.2 Å². The zero-order valence-electron chi connectivity index (χ0n) is 16.3. The average molecular weight is 443 g/mol. The monoisotopic (exact) mass is 442 g/mol. The van der Waals surface area contributed by atoms with Gasteiger partial charge in [-0.15, -0.1) is 0 Å². The van der Waals surface area contributed by atoms with Crippen molar-refractivity contribution in [3.8, 4) is 0 Å². The fraction of sp³-hybridized carbons (Fsp3) is 0.350. The fourth-order valence-corrected chi connectivity index (χ4v) is 4.13. The molecule has 0 heterocycles. The average Bonchev–Trinajstić information content (AvgIpc) is 2.61. The SMILES string of the molecule is CC[C@H](NC(=O)CN(c1cc(Cl)ccc1Cl)S(C)(=O)=O)c1ccc(C)c(C)c1. The van der Waals surface area contributed by atoms with E-state index in [4.69, 9.17) is 23.2 Å². The molecule has 0 bridgehead atoms. The molecule has 0 radical (unpaired) electrons. The van der Waals surface area contributed by atoms with Gasteiger partial charge < -0.3 is 5.32 Å². The highest BCUT2D eigenvalue weighted by Gasteiger charge is 2.24. The van der Waals surface area contributed by atoms with Gasteiger partial charge in [-0.25, -0.2) is 8.42 Å². The van der Waals surface area contributed by atoms with E-state index in [1.807, 2.05) is 39.0 Å². The van der Waals surface area contributed by atoms with Gasteiger partial charge in [0.2, 0.25) is 15.9 Å². The molecule has 2 rings (SSSR count). The lowest BCUT2D eigenvalue weighted by Gasteiger charge is -2.25. The zero-order valence-corrected chi connectivity index (χ0v) is 18.6. The second kappa shape index (κ2) is 9.16. The first kappa shape index (κ1) is 22.5. The summed E-state index contributed by atoms with van der Waals surface area (Å²) in [7, 11) is -3.74. The lowest BCUT2D eigenvalue weighted by atomic mass is 9.99. The topological polar surface area (TPSA) is 66.5 Å². The maximum Gasteiger partial charge on any atom is 0.241 e. The molecule has 0 aliphatic rings. The summed E-state index contributed by atoms with van der Waals surface area (Å²) >= 11 is 12.1. The Labute approximate surface area is 176 Å². The van der Waals surface area contributed by atoms with Crippen molar-refractivity contribution in [1.29, 1.82) is 0 Å². The number of nitrogens with zero attached hydrogens (tertiary/aromatic N) is 1. The van der Waals surface area contributed by atoms with Gasteiger partial charge in [0.1, 0.15) is 6.54 Å². The number of sulfonamides is 1. The van der Waals surface area contributed by atoms with Gasteiger partial charge in [0.05, 0.1) is 23.0 Å². The molecule has 2 aromatic carbocycles. The number of nitrogens with one attached hydrogen (secondary N) is 1. The summed E-state index contributed by atoms with van der Waals surface area (Å²) in [5.74, 6) is -0.424. The number of anilines is 1. The fourth-order valence-electron chi connectivity index (χ4n) is 2.83. The normalized spacial score (nSPS) is 12.5. The first-order valence-corrected chi connectivity index (χ1v) is 11.4. The standard InChI is InChI=1S/C20H24Cl2N2O3S/c1-5-18(15-7-6-13(2)14(3)10-15)23-20(25)12-24(28(4,26)27)19-11-16(21)8-9-17(19)22/h6-11,18H,5,12H2,1-4H3,(H,23,25)/t18-/m0/s1. The molecule has 8 heteroatoms. The van der Waals surface area contributed by atoms with Crippen LogP contribution in [0.15, 0.2) is 36.4 Å². The molecule has 1 atom stereocenters. The molecule has 0 aromatic heterocycles. The van der Waals surface area contributed by atoms with E-state index in [-0.39, 0.29) is 23.3 Å². The van der Waals surface area contributed by atoms with Gasteiger partial charge in [0.25, 0.3) is 0 Å². The Morgan fingerprint density at radius 3 is 2.36 bits per heavy atom. The number of aryl methyl sites for hydroxylation is 2. The number of hydrogen-bond donors (Lipinski definition) is 1. The van der Waals surface area contributed by atoms with Crippen LogP contribution in [0.4, 0.5) is 5.69 Å². The molecule has 152 valence electrons. The van der Waals surface area contributed by atoms with E-state index < -0.39 is 15.9 Å². The van der Waals surface area contributed by atoms with Crippen LogP contribution in [0.2, 0.25) is 10.0 Å². The van der Waals surface area contributed by atoms with E-state index in [1.54, 1.807) is 6.07 Å². The maximum atomic E-state index is 12.7. The minimum absolute atomic E-state index is 0.172. The lowest BCUT2D eigenvalue weighted by Crippen LogP contribution is -2.41. The van der Waals surface area contributed by atoms with Crippen molar-refractivity contribution in [1.82, 2.24) is 5.32 Å². The summed E-state index contributed by atoms with van der Waals surface area (Å²) in [6.45, 7) is 5.61. The van der Waals surface area contributed by atoms with Crippen LogP contribution in [0.3, 0.4) is 0 Å². The van der Waals surface area contributed by atoms with Crippen molar-refractivity contribution in [2.75, 3.05) is 17.1 Å². The van der Waals surface area contributed by atoms with E-state index >= 15 is 0 Å². The van der Waals surface area contributed by atoms with E-state index in [1.165, 1.54) is 17.7 Å². The van der Waals surface area contributed by atoms with Crippen LogP contribution in [-0.4, -0.2) is 27.1 Å². The van der Waals surface area contributed by atoms with Crippen LogP contribution in [0, 0.1) is 13.8 Å². The molecular weight excluding hydrogens is 419 g/mol. The first-order valence-electron chi connectivity index (χ1n) is 8.82. The number of rotatable bonds is 7. The molecule has 0 saturated heterocycles. The van der Waals surface area contributed by atoms with Crippen LogP contribution in [-0.2, 0) is 14.8 Å². The van der Waals surface area contributed by atoms with Gasteiger partial charge in [0, 0.05) is 5.02 Å². The Morgan fingerprint density at radius 2 is 1.79 bits per heavy atom. The summed E-state index contributed by atoms with van der Waals surface area (Å²) in [5, 5.41) is 3.44. The van der Waals surface area contributed by atoms with Crippen molar-refractivity contribution < 1.29 is 13.2 Å². The Morgan fingerprint density at radius 1 is 1.11 bits per heavy atom. The third-order valence-corrected chi connectivity index (χ3v) is 6.22. The lowest BCUT2D eigenvalue weighted by molar-refractivity contribution is -0.120. The van der Waals surface area contributed by atoms with Crippen LogP contribution in [0.1, 0.15) is 36.1 Å². The van der Waals surface area contributed by atoms with Crippen LogP contribution >= 0.6 is 23.2 Å².